The molecule has 1 amide bonds. The minimum atomic E-state index is -0.0142. The number of rotatable bonds is 3. The summed E-state index contributed by atoms with van der Waals surface area (Å²) in [5.74, 6) is 0.632. The van der Waals surface area contributed by atoms with Gasteiger partial charge in [-0.3, -0.25) is 4.79 Å². The molecule has 1 aliphatic rings. The fraction of sp³-hybridized carbons (Fsp3) is 0.909. The Bertz CT molecular complexity index is 217. The quantitative estimate of drug-likeness (QED) is 0.749. The van der Waals surface area contributed by atoms with Gasteiger partial charge in [0.05, 0.1) is 12.7 Å². The molecule has 0 unspecified atom stereocenters. The van der Waals surface area contributed by atoms with Crippen molar-refractivity contribution in [2.45, 2.75) is 39.3 Å². The van der Waals surface area contributed by atoms with Gasteiger partial charge in [0.2, 0.25) is 5.91 Å². The Labute approximate surface area is 91.8 Å². The van der Waals surface area contributed by atoms with Crippen LogP contribution in [0, 0.1) is 5.92 Å². The van der Waals surface area contributed by atoms with Gasteiger partial charge in [-0.2, -0.15) is 0 Å². The van der Waals surface area contributed by atoms with Crippen molar-refractivity contribution < 1.29 is 9.53 Å². The van der Waals surface area contributed by atoms with Crippen LogP contribution in [0.15, 0.2) is 0 Å². The number of carbonyl (C=O) groups is 1. The zero-order chi connectivity index (χ0) is 11.4. The fourth-order valence-electron chi connectivity index (χ4n) is 1.70. The summed E-state index contributed by atoms with van der Waals surface area (Å²) in [4.78, 5) is 13.7. The van der Waals surface area contributed by atoms with Crippen LogP contribution in [-0.4, -0.2) is 42.6 Å². The molecule has 4 heteroatoms. The molecule has 2 N–H and O–H groups in total. The molecule has 0 aromatic carbocycles. The van der Waals surface area contributed by atoms with Gasteiger partial charge in [-0.25, -0.2) is 0 Å². The van der Waals surface area contributed by atoms with E-state index in [1.165, 1.54) is 0 Å². The van der Waals surface area contributed by atoms with Gasteiger partial charge in [0.25, 0.3) is 0 Å². The van der Waals surface area contributed by atoms with E-state index < -0.39 is 0 Å². The van der Waals surface area contributed by atoms with Crippen molar-refractivity contribution in [3.8, 4) is 0 Å². The van der Waals surface area contributed by atoms with Crippen molar-refractivity contribution in [2.24, 2.45) is 11.7 Å². The molecule has 0 bridgehead atoms. The molecule has 4 nitrogen and oxygen atoms in total. The molecule has 88 valence electrons. The number of hydrogen-bond donors (Lipinski definition) is 1. The van der Waals surface area contributed by atoms with Gasteiger partial charge >= 0.3 is 0 Å². The van der Waals surface area contributed by atoms with E-state index in [2.05, 4.69) is 13.8 Å². The third-order valence-electron chi connectivity index (χ3n) is 2.62. The third-order valence-corrected chi connectivity index (χ3v) is 2.62. The van der Waals surface area contributed by atoms with Gasteiger partial charge < -0.3 is 15.4 Å². The maximum absolute atomic E-state index is 11.8. The van der Waals surface area contributed by atoms with Gasteiger partial charge in [-0.15, -0.1) is 0 Å². The minimum absolute atomic E-state index is 0.00476. The Morgan fingerprint density at radius 2 is 2.20 bits per heavy atom. The van der Waals surface area contributed by atoms with Crippen LogP contribution in [0.2, 0.25) is 0 Å². The first-order valence-electron chi connectivity index (χ1n) is 5.65. The summed E-state index contributed by atoms with van der Waals surface area (Å²) >= 11 is 0. The molecule has 0 aromatic rings. The summed E-state index contributed by atoms with van der Waals surface area (Å²) in [6.45, 7) is 7.98. The van der Waals surface area contributed by atoms with Crippen LogP contribution < -0.4 is 5.73 Å². The number of hydrogen-bond acceptors (Lipinski definition) is 3. The maximum Gasteiger partial charge on any atom is 0.222 e. The molecular weight excluding hydrogens is 192 g/mol. The van der Waals surface area contributed by atoms with Crippen molar-refractivity contribution in [2.75, 3.05) is 19.7 Å². The second kappa shape index (κ2) is 5.47. The van der Waals surface area contributed by atoms with E-state index in [9.17, 15) is 4.79 Å². The first kappa shape index (κ1) is 12.5. The Hall–Kier alpha value is -0.610. The number of amides is 1. The summed E-state index contributed by atoms with van der Waals surface area (Å²) in [6, 6.07) is -0.0142. The second-order valence-corrected chi connectivity index (χ2v) is 4.71. The fourth-order valence-corrected chi connectivity index (χ4v) is 1.70. The number of carbonyl (C=O) groups excluding carboxylic acids is 1. The number of morpholine rings is 1. The van der Waals surface area contributed by atoms with E-state index in [1.807, 2.05) is 11.8 Å². The number of nitrogens with two attached hydrogens (primary N) is 1. The van der Waals surface area contributed by atoms with E-state index in [0.717, 1.165) is 0 Å². The van der Waals surface area contributed by atoms with Crippen LogP contribution in [-0.2, 0) is 9.53 Å². The van der Waals surface area contributed by atoms with Crippen molar-refractivity contribution in [3.63, 3.8) is 0 Å². The minimum Gasteiger partial charge on any atom is -0.373 e. The summed E-state index contributed by atoms with van der Waals surface area (Å²) in [7, 11) is 0. The van der Waals surface area contributed by atoms with Crippen LogP contribution in [0.4, 0.5) is 0 Å². The lowest BCUT2D eigenvalue weighted by molar-refractivity contribution is -0.140. The number of nitrogens with zero attached hydrogens (tertiary/aromatic N) is 1. The predicted octanol–water partition coefficient (Wildman–Crippen LogP) is 0.607. The molecule has 1 aliphatic heterocycles. The van der Waals surface area contributed by atoms with Gasteiger partial charge in [-0.1, -0.05) is 13.8 Å². The van der Waals surface area contributed by atoms with Crippen LogP contribution in [0.5, 0.6) is 0 Å². The first-order chi connectivity index (χ1) is 7.00. The maximum atomic E-state index is 11.8. The Balaban J connectivity index is 2.45. The van der Waals surface area contributed by atoms with Crippen molar-refractivity contribution in [1.29, 1.82) is 0 Å². The van der Waals surface area contributed by atoms with Crippen molar-refractivity contribution in [1.82, 2.24) is 4.90 Å². The van der Waals surface area contributed by atoms with Crippen molar-refractivity contribution in [3.05, 3.63) is 0 Å². The topological polar surface area (TPSA) is 55.6 Å². The smallest absolute Gasteiger partial charge is 0.222 e. The van der Waals surface area contributed by atoms with Crippen LogP contribution in [0.1, 0.15) is 27.2 Å². The molecule has 1 fully saturated rings. The lowest BCUT2D eigenvalue weighted by atomic mass is 10.1. The monoisotopic (exact) mass is 214 g/mol. The molecule has 0 radical (unpaired) electrons. The highest BCUT2D eigenvalue weighted by Crippen LogP contribution is 2.11. The van der Waals surface area contributed by atoms with Crippen LogP contribution >= 0.6 is 0 Å². The van der Waals surface area contributed by atoms with Gasteiger partial charge in [0, 0.05) is 25.6 Å². The van der Waals surface area contributed by atoms with E-state index in [-0.39, 0.29) is 18.1 Å². The zero-order valence-electron chi connectivity index (χ0n) is 9.90. The van der Waals surface area contributed by atoms with Crippen LogP contribution in [0.3, 0.4) is 0 Å². The Kier molecular flexibility index (Phi) is 4.54. The summed E-state index contributed by atoms with van der Waals surface area (Å²) in [5.41, 5.74) is 5.77. The van der Waals surface area contributed by atoms with E-state index in [1.54, 1.807) is 0 Å². The molecule has 15 heavy (non-hydrogen) atoms. The average Bonchev–Trinajstić information content (AvgIpc) is 2.17. The molecule has 1 heterocycles. The highest BCUT2D eigenvalue weighted by atomic mass is 16.5. The van der Waals surface area contributed by atoms with E-state index in [0.29, 0.717) is 32.0 Å². The summed E-state index contributed by atoms with van der Waals surface area (Å²) in [5, 5.41) is 0. The highest BCUT2D eigenvalue weighted by molar-refractivity contribution is 5.76. The van der Waals surface area contributed by atoms with E-state index in [4.69, 9.17) is 10.5 Å². The number of ether oxygens (including phenoxy) is 1. The third kappa shape index (κ3) is 3.80. The average molecular weight is 214 g/mol. The van der Waals surface area contributed by atoms with Crippen molar-refractivity contribution >= 4 is 5.91 Å². The standard InChI is InChI=1S/C11H22N2O2/c1-8(2)6-11(14)13-4-5-15-10(7-13)9(3)12/h8-10H,4-7,12H2,1-3H3/t9-,10-/m0/s1. The molecule has 0 saturated carbocycles. The van der Waals surface area contributed by atoms with Gasteiger partial charge in [0.1, 0.15) is 0 Å². The lowest BCUT2D eigenvalue weighted by Gasteiger charge is -2.35. The largest absolute Gasteiger partial charge is 0.373 e. The Morgan fingerprint density at radius 3 is 2.73 bits per heavy atom. The molecule has 0 aromatic heterocycles. The molecular formula is C11H22N2O2. The molecule has 1 saturated heterocycles. The molecule has 0 aliphatic carbocycles. The van der Waals surface area contributed by atoms with E-state index >= 15 is 0 Å². The zero-order valence-corrected chi connectivity index (χ0v) is 9.90. The second-order valence-electron chi connectivity index (χ2n) is 4.71. The van der Waals surface area contributed by atoms with Gasteiger partial charge in [-0.05, 0) is 12.8 Å². The first-order valence-corrected chi connectivity index (χ1v) is 5.65. The predicted molar refractivity (Wildman–Crippen MR) is 59.4 cm³/mol. The molecule has 0 spiro atoms. The highest BCUT2D eigenvalue weighted by Gasteiger charge is 2.26. The molecule has 1 rings (SSSR count). The Morgan fingerprint density at radius 1 is 1.53 bits per heavy atom. The van der Waals surface area contributed by atoms with Crippen LogP contribution in [0.25, 0.3) is 0 Å². The SMILES string of the molecule is CC(C)CC(=O)N1CCO[C@H]([C@H](C)N)C1. The normalized spacial score (nSPS) is 24.3. The molecule has 2 atom stereocenters. The lowest BCUT2D eigenvalue weighted by Crippen LogP contribution is -2.51. The summed E-state index contributed by atoms with van der Waals surface area (Å²) < 4.78 is 5.51. The summed E-state index contributed by atoms with van der Waals surface area (Å²) in [6.07, 6.45) is 0.612. The van der Waals surface area contributed by atoms with Gasteiger partial charge in [0.15, 0.2) is 0 Å².